The predicted molar refractivity (Wildman–Crippen MR) is 76.6 cm³/mol. The molecule has 1 aromatic rings. The number of hydrazine groups is 1. The van der Waals surface area contributed by atoms with Gasteiger partial charge in [0.15, 0.2) is 0 Å². The SMILES string of the molecule is CC1(C)C(CNc2cc(C(F)(F)F)cc(NN)n2)C1(C)C. The van der Waals surface area contributed by atoms with Crippen LogP contribution in [0.1, 0.15) is 33.3 Å². The number of pyridine rings is 1. The van der Waals surface area contributed by atoms with Crippen LogP contribution in [0.3, 0.4) is 0 Å². The summed E-state index contributed by atoms with van der Waals surface area (Å²) in [5.74, 6) is 5.73. The molecule has 0 unspecified atom stereocenters. The van der Waals surface area contributed by atoms with Gasteiger partial charge < -0.3 is 10.7 Å². The molecule has 0 bridgehead atoms. The van der Waals surface area contributed by atoms with Crippen molar-refractivity contribution < 1.29 is 13.2 Å². The molecule has 1 aromatic heterocycles. The summed E-state index contributed by atoms with van der Waals surface area (Å²) in [5, 5.41) is 3.00. The van der Waals surface area contributed by atoms with Crippen LogP contribution < -0.4 is 16.6 Å². The van der Waals surface area contributed by atoms with Crippen molar-refractivity contribution in [2.24, 2.45) is 22.6 Å². The van der Waals surface area contributed by atoms with E-state index in [1.165, 1.54) is 0 Å². The highest BCUT2D eigenvalue weighted by molar-refractivity contribution is 5.49. The Hall–Kier alpha value is -1.50. The van der Waals surface area contributed by atoms with Gasteiger partial charge in [0, 0.05) is 6.54 Å². The van der Waals surface area contributed by atoms with E-state index >= 15 is 0 Å². The van der Waals surface area contributed by atoms with Gasteiger partial charge in [-0.1, -0.05) is 27.7 Å². The van der Waals surface area contributed by atoms with Gasteiger partial charge in [0.05, 0.1) is 5.56 Å². The van der Waals surface area contributed by atoms with Gasteiger partial charge in [-0.25, -0.2) is 10.8 Å². The number of anilines is 2. The Kier molecular flexibility index (Phi) is 3.60. The number of nitrogens with two attached hydrogens (primary N) is 1. The molecular weight excluding hydrogens is 281 g/mol. The highest BCUT2D eigenvalue weighted by Crippen LogP contribution is 2.68. The van der Waals surface area contributed by atoms with Crippen LogP contribution in [-0.2, 0) is 6.18 Å². The molecule has 0 spiro atoms. The zero-order valence-corrected chi connectivity index (χ0v) is 12.6. The zero-order valence-electron chi connectivity index (χ0n) is 12.6. The number of hydrogen-bond donors (Lipinski definition) is 3. The van der Waals surface area contributed by atoms with Crippen molar-refractivity contribution in [1.82, 2.24) is 4.98 Å². The third-order valence-corrected chi connectivity index (χ3v) is 5.11. The predicted octanol–water partition coefficient (Wildman–Crippen LogP) is 3.48. The van der Waals surface area contributed by atoms with Crippen molar-refractivity contribution in [3.8, 4) is 0 Å². The second-order valence-electron chi connectivity index (χ2n) is 6.65. The highest BCUT2D eigenvalue weighted by atomic mass is 19.4. The zero-order chi connectivity index (χ0) is 16.1. The van der Waals surface area contributed by atoms with E-state index in [9.17, 15) is 13.2 Å². The number of halogens is 3. The Balaban J connectivity index is 2.14. The lowest BCUT2D eigenvalue weighted by atomic mass is 10.0. The molecule has 21 heavy (non-hydrogen) atoms. The monoisotopic (exact) mass is 302 g/mol. The third-order valence-electron chi connectivity index (χ3n) is 5.11. The molecule has 4 nitrogen and oxygen atoms in total. The summed E-state index contributed by atoms with van der Waals surface area (Å²) < 4.78 is 38.5. The van der Waals surface area contributed by atoms with Gasteiger partial charge in [-0.05, 0) is 28.9 Å². The lowest BCUT2D eigenvalue weighted by Gasteiger charge is -2.13. The van der Waals surface area contributed by atoms with E-state index in [0.29, 0.717) is 12.5 Å². The fourth-order valence-electron chi connectivity index (χ4n) is 2.91. The number of rotatable bonds is 4. The van der Waals surface area contributed by atoms with Crippen LogP contribution in [0, 0.1) is 16.7 Å². The van der Waals surface area contributed by atoms with Crippen molar-refractivity contribution in [3.63, 3.8) is 0 Å². The molecule has 4 N–H and O–H groups in total. The van der Waals surface area contributed by atoms with Crippen LogP contribution in [0.5, 0.6) is 0 Å². The summed E-state index contributed by atoms with van der Waals surface area (Å²) in [6.45, 7) is 9.22. The fraction of sp³-hybridized carbons (Fsp3) is 0.643. The first kappa shape index (κ1) is 15.9. The maximum Gasteiger partial charge on any atom is 0.416 e. The Labute approximate surface area is 122 Å². The van der Waals surface area contributed by atoms with Gasteiger partial charge in [-0.15, -0.1) is 0 Å². The summed E-state index contributed by atoms with van der Waals surface area (Å²) in [6, 6.07) is 1.89. The molecule has 2 rings (SSSR count). The molecule has 0 saturated heterocycles. The van der Waals surface area contributed by atoms with Crippen LogP contribution in [0.25, 0.3) is 0 Å². The van der Waals surface area contributed by atoms with E-state index in [0.717, 1.165) is 12.1 Å². The summed E-state index contributed by atoms with van der Waals surface area (Å²) in [5.41, 5.74) is 1.72. The highest BCUT2D eigenvalue weighted by Gasteiger charge is 2.64. The van der Waals surface area contributed by atoms with Gasteiger partial charge in [0.25, 0.3) is 0 Å². The summed E-state index contributed by atoms with van der Waals surface area (Å²) in [6.07, 6.45) is -4.43. The smallest absolute Gasteiger partial charge is 0.370 e. The van der Waals surface area contributed by atoms with Crippen molar-refractivity contribution in [2.75, 3.05) is 17.3 Å². The number of nitrogens with one attached hydrogen (secondary N) is 2. The molecule has 0 aromatic carbocycles. The lowest BCUT2D eigenvalue weighted by Crippen LogP contribution is -2.15. The second kappa shape index (κ2) is 4.76. The molecular formula is C14H21F3N4. The summed E-state index contributed by atoms with van der Waals surface area (Å²) in [7, 11) is 0. The van der Waals surface area contributed by atoms with E-state index in [1.807, 2.05) is 0 Å². The third kappa shape index (κ3) is 2.79. The minimum Gasteiger partial charge on any atom is -0.370 e. The first-order chi connectivity index (χ1) is 9.50. The Morgan fingerprint density at radius 3 is 2.10 bits per heavy atom. The lowest BCUT2D eigenvalue weighted by molar-refractivity contribution is -0.137. The molecule has 7 heteroatoms. The Morgan fingerprint density at radius 1 is 1.14 bits per heavy atom. The molecule has 0 atom stereocenters. The van der Waals surface area contributed by atoms with E-state index in [1.54, 1.807) is 0 Å². The first-order valence-corrected chi connectivity index (χ1v) is 6.80. The normalized spacial score (nSPS) is 20.2. The van der Waals surface area contributed by atoms with Crippen molar-refractivity contribution in [1.29, 1.82) is 0 Å². The molecule has 1 aliphatic carbocycles. The molecule has 1 fully saturated rings. The first-order valence-electron chi connectivity index (χ1n) is 6.80. The minimum absolute atomic E-state index is 0.0124. The maximum absolute atomic E-state index is 12.8. The van der Waals surface area contributed by atoms with Crippen LogP contribution in [0.2, 0.25) is 0 Å². The molecule has 1 saturated carbocycles. The number of hydrogen-bond acceptors (Lipinski definition) is 4. The Bertz CT molecular complexity index is 524. The van der Waals surface area contributed by atoms with E-state index < -0.39 is 11.7 Å². The number of alkyl halides is 3. The van der Waals surface area contributed by atoms with E-state index in [4.69, 9.17) is 5.84 Å². The largest absolute Gasteiger partial charge is 0.416 e. The topological polar surface area (TPSA) is 63.0 Å². The Morgan fingerprint density at radius 2 is 1.67 bits per heavy atom. The van der Waals surface area contributed by atoms with Gasteiger partial charge in [-0.2, -0.15) is 13.2 Å². The minimum atomic E-state index is -4.43. The van der Waals surface area contributed by atoms with Crippen LogP contribution in [-0.4, -0.2) is 11.5 Å². The summed E-state index contributed by atoms with van der Waals surface area (Å²) >= 11 is 0. The van der Waals surface area contributed by atoms with E-state index in [2.05, 4.69) is 43.4 Å². The van der Waals surface area contributed by atoms with Gasteiger partial charge in [-0.3, -0.25) is 0 Å². The van der Waals surface area contributed by atoms with Gasteiger partial charge in [0.2, 0.25) is 0 Å². The molecule has 0 radical (unpaired) electrons. The van der Waals surface area contributed by atoms with Crippen LogP contribution in [0.15, 0.2) is 12.1 Å². The van der Waals surface area contributed by atoms with Crippen molar-refractivity contribution in [3.05, 3.63) is 17.7 Å². The van der Waals surface area contributed by atoms with Crippen molar-refractivity contribution in [2.45, 2.75) is 33.9 Å². The molecule has 1 heterocycles. The van der Waals surface area contributed by atoms with Gasteiger partial charge >= 0.3 is 6.18 Å². The van der Waals surface area contributed by atoms with Crippen molar-refractivity contribution >= 4 is 11.6 Å². The van der Waals surface area contributed by atoms with Gasteiger partial charge in [0.1, 0.15) is 11.6 Å². The molecule has 0 aliphatic heterocycles. The number of aromatic nitrogens is 1. The number of nitrogen functional groups attached to an aromatic ring is 1. The standard InChI is InChI=1S/C14H21F3N4/c1-12(2)9(13(12,3)4)7-19-10-5-8(14(15,16)17)6-11(20-10)21-18/h5-6,9H,7,18H2,1-4H3,(H2,19,20,21). The maximum atomic E-state index is 12.8. The fourth-order valence-corrected chi connectivity index (χ4v) is 2.91. The average molecular weight is 302 g/mol. The quantitative estimate of drug-likeness (QED) is 0.588. The molecule has 0 amide bonds. The second-order valence-corrected chi connectivity index (χ2v) is 6.65. The molecule has 1 aliphatic rings. The van der Waals surface area contributed by atoms with Crippen LogP contribution >= 0.6 is 0 Å². The summed E-state index contributed by atoms with van der Waals surface area (Å²) in [4.78, 5) is 4.01. The van der Waals surface area contributed by atoms with E-state index in [-0.39, 0.29) is 22.5 Å². The molecule has 118 valence electrons. The number of nitrogens with zero attached hydrogens (tertiary/aromatic N) is 1. The van der Waals surface area contributed by atoms with Crippen LogP contribution in [0.4, 0.5) is 24.8 Å². The average Bonchev–Trinajstić information content (AvgIpc) is 2.75.